The molecule has 0 radical (unpaired) electrons. The Morgan fingerprint density at radius 1 is 1.11 bits per heavy atom. The van der Waals surface area contributed by atoms with Crippen molar-refractivity contribution in [3.8, 4) is 11.1 Å². The minimum absolute atomic E-state index is 0. The summed E-state index contributed by atoms with van der Waals surface area (Å²) in [4.78, 5) is 16.6. The number of rotatable bonds is 5. The van der Waals surface area contributed by atoms with Gasteiger partial charge >= 0.3 is 0 Å². The summed E-state index contributed by atoms with van der Waals surface area (Å²) in [7, 11) is 0. The molecule has 28 heavy (non-hydrogen) atoms. The molecule has 1 aromatic carbocycles. The summed E-state index contributed by atoms with van der Waals surface area (Å²) in [6, 6.07) is 13.7. The van der Waals surface area contributed by atoms with Crippen molar-refractivity contribution in [2.45, 2.75) is 57.2 Å². The monoisotopic (exact) mass is 421 g/mol. The summed E-state index contributed by atoms with van der Waals surface area (Å²) in [6.07, 6.45) is 9.17. The third-order valence-corrected chi connectivity index (χ3v) is 5.83. The summed E-state index contributed by atoms with van der Waals surface area (Å²) in [5.41, 5.74) is 3.39. The lowest BCUT2D eigenvalue weighted by Crippen LogP contribution is -2.40. The Bertz CT molecular complexity index is 742. The number of carbonyl (C=O) groups excluding carboxylic acids is 1. The number of halogens is 2. The number of fused-ring (bicyclic) bond motifs is 2. The van der Waals surface area contributed by atoms with Crippen LogP contribution in [-0.4, -0.2) is 23.0 Å². The second-order valence-electron chi connectivity index (χ2n) is 7.83. The molecule has 2 aliphatic heterocycles. The first-order chi connectivity index (χ1) is 12.7. The number of piperidine rings is 1. The highest BCUT2D eigenvalue weighted by atomic mass is 35.5. The fourth-order valence-electron chi connectivity index (χ4n) is 4.49. The number of hydrogen-bond donors (Lipinski definition) is 2. The number of aromatic nitrogens is 1. The van der Waals surface area contributed by atoms with Crippen molar-refractivity contribution in [1.82, 2.24) is 15.6 Å². The molecule has 2 N–H and O–H groups in total. The Hall–Kier alpha value is -1.62. The molecule has 6 heteroatoms. The first kappa shape index (κ1) is 22.7. The average Bonchev–Trinajstić information content (AvgIpc) is 3.00. The van der Waals surface area contributed by atoms with E-state index >= 15 is 0 Å². The van der Waals surface area contributed by atoms with Gasteiger partial charge in [0.2, 0.25) is 5.91 Å². The molecule has 2 aliphatic rings. The molecular weight excluding hydrogens is 393 g/mol. The van der Waals surface area contributed by atoms with Gasteiger partial charge in [-0.1, -0.05) is 30.3 Å². The molecule has 1 aromatic heterocycles. The third kappa shape index (κ3) is 5.47. The minimum atomic E-state index is 0. The van der Waals surface area contributed by atoms with Gasteiger partial charge in [0.1, 0.15) is 0 Å². The first-order valence-electron chi connectivity index (χ1n) is 9.73. The topological polar surface area (TPSA) is 54.0 Å². The molecule has 3 unspecified atom stereocenters. The van der Waals surface area contributed by atoms with Crippen LogP contribution in [0.3, 0.4) is 0 Å². The van der Waals surface area contributed by atoms with E-state index in [1.807, 2.05) is 12.3 Å². The minimum Gasteiger partial charge on any atom is -0.350 e. The zero-order valence-corrected chi connectivity index (χ0v) is 17.8. The van der Waals surface area contributed by atoms with Crippen LogP contribution >= 0.6 is 24.8 Å². The summed E-state index contributed by atoms with van der Waals surface area (Å²) in [6.45, 7) is 2.06. The number of nitrogens with one attached hydrogen (secondary N) is 2. The SMILES string of the molecule is CC(NC(=O)CC1CC2CCC(C1)N2)c1ccc(-c2cccnc2)cc1.Cl.Cl. The van der Waals surface area contributed by atoms with E-state index in [0.717, 1.165) is 29.5 Å². The number of nitrogens with zero attached hydrogens (tertiary/aromatic N) is 1. The molecule has 3 atom stereocenters. The van der Waals surface area contributed by atoms with E-state index in [1.54, 1.807) is 6.20 Å². The zero-order valence-electron chi connectivity index (χ0n) is 16.1. The quantitative estimate of drug-likeness (QED) is 0.735. The zero-order chi connectivity index (χ0) is 17.9. The highest BCUT2D eigenvalue weighted by molar-refractivity contribution is 5.85. The fraction of sp³-hybridized carbons (Fsp3) is 0.455. The Balaban J connectivity index is 0.00000140. The van der Waals surface area contributed by atoms with Crippen LogP contribution in [0.4, 0.5) is 0 Å². The molecule has 2 aromatic rings. The first-order valence-corrected chi connectivity index (χ1v) is 9.73. The maximum atomic E-state index is 12.5. The van der Waals surface area contributed by atoms with E-state index in [4.69, 9.17) is 0 Å². The van der Waals surface area contributed by atoms with Crippen LogP contribution in [-0.2, 0) is 4.79 Å². The molecule has 0 spiro atoms. The van der Waals surface area contributed by atoms with Crippen molar-refractivity contribution in [3.63, 3.8) is 0 Å². The van der Waals surface area contributed by atoms with Gasteiger partial charge in [-0.25, -0.2) is 0 Å². The van der Waals surface area contributed by atoms with E-state index in [0.29, 0.717) is 24.4 Å². The molecule has 0 saturated carbocycles. The molecule has 152 valence electrons. The molecule has 1 amide bonds. The van der Waals surface area contributed by atoms with Gasteiger partial charge < -0.3 is 10.6 Å². The molecule has 2 fully saturated rings. The van der Waals surface area contributed by atoms with Gasteiger partial charge in [-0.3, -0.25) is 9.78 Å². The number of benzene rings is 1. The molecule has 4 nitrogen and oxygen atoms in total. The molecule has 2 saturated heterocycles. The largest absolute Gasteiger partial charge is 0.350 e. The third-order valence-electron chi connectivity index (χ3n) is 5.83. The van der Waals surface area contributed by atoms with Gasteiger partial charge in [0.05, 0.1) is 6.04 Å². The van der Waals surface area contributed by atoms with Gasteiger partial charge in [-0.15, -0.1) is 24.8 Å². The Morgan fingerprint density at radius 3 is 2.39 bits per heavy atom. The van der Waals surface area contributed by atoms with Crippen LogP contribution in [0.2, 0.25) is 0 Å². The number of amides is 1. The maximum absolute atomic E-state index is 12.5. The normalized spacial score (nSPS) is 23.8. The summed E-state index contributed by atoms with van der Waals surface area (Å²) in [5.74, 6) is 0.717. The fourth-order valence-corrected chi connectivity index (χ4v) is 4.49. The lowest BCUT2D eigenvalue weighted by molar-refractivity contribution is -0.122. The van der Waals surface area contributed by atoms with Crippen molar-refractivity contribution in [1.29, 1.82) is 0 Å². The second kappa shape index (κ2) is 10.2. The summed E-state index contributed by atoms with van der Waals surface area (Å²) >= 11 is 0. The van der Waals surface area contributed by atoms with E-state index in [2.05, 4.69) is 52.9 Å². The van der Waals surface area contributed by atoms with E-state index < -0.39 is 0 Å². The van der Waals surface area contributed by atoms with Gasteiger partial charge in [0, 0.05) is 30.9 Å². The Morgan fingerprint density at radius 2 is 1.79 bits per heavy atom. The predicted molar refractivity (Wildman–Crippen MR) is 118 cm³/mol. The van der Waals surface area contributed by atoms with Crippen LogP contribution in [0.5, 0.6) is 0 Å². The molecular formula is C22H29Cl2N3O. The van der Waals surface area contributed by atoms with Gasteiger partial charge in [0.25, 0.3) is 0 Å². The van der Waals surface area contributed by atoms with Gasteiger partial charge in [0.15, 0.2) is 0 Å². The predicted octanol–water partition coefficient (Wildman–Crippen LogP) is 4.69. The van der Waals surface area contributed by atoms with Crippen LogP contribution < -0.4 is 10.6 Å². The van der Waals surface area contributed by atoms with Crippen molar-refractivity contribution in [2.75, 3.05) is 0 Å². The highest BCUT2D eigenvalue weighted by Crippen LogP contribution is 2.32. The van der Waals surface area contributed by atoms with Crippen LogP contribution in [0.1, 0.15) is 50.6 Å². The molecule has 2 bridgehead atoms. The van der Waals surface area contributed by atoms with Gasteiger partial charge in [-0.05, 0) is 61.3 Å². The molecule has 4 rings (SSSR count). The number of carbonyl (C=O) groups is 1. The summed E-state index contributed by atoms with van der Waals surface area (Å²) < 4.78 is 0. The second-order valence-corrected chi connectivity index (χ2v) is 7.83. The number of hydrogen-bond acceptors (Lipinski definition) is 3. The van der Waals surface area contributed by atoms with Gasteiger partial charge in [-0.2, -0.15) is 0 Å². The summed E-state index contributed by atoms with van der Waals surface area (Å²) in [5, 5.41) is 6.82. The highest BCUT2D eigenvalue weighted by Gasteiger charge is 2.34. The van der Waals surface area contributed by atoms with Crippen LogP contribution in [0, 0.1) is 5.92 Å². The lowest BCUT2D eigenvalue weighted by Gasteiger charge is -2.29. The van der Waals surface area contributed by atoms with Crippen molar-refractivity contribution in [2.24, 2.45) is 5.92 Å². The van der Waals surface area contributed by atoms with Crippen molar-refractivity contribution >= 4 is 30.7 Å². The van der Waals surface area contributed by atoms with Crippen LogP contribution in [0.15, 0.2) is 48.8 Å². The van der Waals surface area contributed by atoms with E-state index in [1.165, 1.54) is 12.8 Å². The lowest BCUT2D eigenvalue weighted by atomic mass is 9.89. The smallest absolute Gasteiger partial charge is 0.220 e. The Kier molecular flexibility index (Phi) is 8.29. The maximum Gasteiger partial charge on any atom is 0.220 e. The van der Waals surface area contributed by atoms with Crippen molar-refractivity contribution in [3.05, 3.63) is 54.4 Å². The molecule has 3 heterocycles. The van der Waals surface area contributed by atoms with E-state index in [9.17, 15) is 4.79 Å². The molecule has 0 aliphatic carbocycles. The standard InChI is InChI=1S/C22H27N3O.2ClH/c1-15(17-4-6-18(7-5-17)19-3-2-10-23-14-19)24-22(26)13-16-11-20-8-9-21(12-16)25-20;;/h2-7,10,14-16,20-21,25H,8-9,11-13H2,1H3,(H,24,26);2*1H. The van der Waals surface area contributed by atoms with E-state index in [-0.39, 0.29) is 36.8 Å². The average molecular weight is 422 g/mol. The van der Waals surface area contributed by atoms with Crippen molar-refractivity contribution < 1.29 is 4.79 Å². The number of pyridine rings is 1. The Labute approximate surface area is 179 Å². The van der Waals surface area contributed by atoms with Crippen LogP contribution in [0.25, 0.3) is 11.1 Å².